The van der Waals surface area contributed by atoms with Crippen LogP contribution in [0.1, 0.15) is 11.1 Å². The topological polar surface area (TPSA) is 60.0 Å². The van der Waals surface area contributed by atoms with Gasteiger partial charge >= 0.3 is 0 Å². The van der Waals surface area contributed by atoms with Crippen molar-refractivity contribution in [1.29, 1.82) is 0 Å². The second kappa shape index (κ2) is 8.41. The van der Waals surface area contributed by atoms with Crippen LogP contribution in [0.5, 0.6) is 5.75 Å². The molecule has 2 aromatic carbocycles. The molecule has 0 aliphatic carbocycles. The Hall–Kier alpha value is -2.90. The van der Waals surface area contributed by atoms with Crippen LogP contribution in [-0.2, 0) is 20.9 Å². The molecule has 0 unspecified atom stereocenters. The lowest BCUT2D eigenvalue weighted by molar-refractivity contribution is -0.111. The summed E-state index contributed by atoms with van der Waals surface area (Å²) in [6.07, 6.45) is 2.93. The highest BCUT2D eigenvalue weighted by Crippen LogP contribution is 2.30. The van der Waals surface area contributed by atoms with E-state index in [0.29, 0.717) is 30.1 Å². The van der Waals surface area contributed by atoms with Crippen LogP contribution >= 0.6 is 0 Å². The number of benzene rings is 2. The summed E-state index contributed by atoms with van der Waals surface area (Å²) in [5.74, 6) is -0.151. The lowest BCUT2D eigenvalue weighted by Crippen LogP contribution is -2.36. The second-order valence-electron chi connectivity index (χ2n) is 6.53. The van der Waals surface area contributed by atoms with Crippen molar-refractivity contribution >= 4 is 23.4 Å². The minimum absolute atomic E-state index is 0.110. The summed E-state index contributed by atoms with van der Waals surface area (Å²) < 4.78 is 29.9. The molecule has 1 fully saturated rings. The van der Waals surface area contributed by atoms with Gasteiger partial charge in [-0.2, -0.15) is 0 Å². The van der Waals surface area contributed by atoms with E-state index in [0.717, 1.165) is 24.5 Å². The van der Waals surface area contributed by atoms with E-state index in [1.807, 2.05) is 24.3 Å². The van der Waals surface area contributed by atoms with Crippen molar-refractivity contribution in [1.82, 2.24) is 0 Å². The van der Waals surface area contributed by atoms with Crippen molar-refractivity contribution in [2.45, 2.75) is 6.61 Å². The van der Waals surface area contributed by atoms with Crippen LogP contribution < -0.4 is 15.0 Å². The molecule has 0 atom stereocenters. The lowest BCUT2D eigenvalue weighted by Gasteiger charge is -2.30. The van der Waals surface area contributed by atoms with Gasteiger partial charge in [-0.3, -0.25) is 4.79 Å². The molecule has 146 valence electrons. The molecular weight excluding hydrogens is 363 g/mol. The number of anilines is 2. The van der Waals surface area contributed by atoms with E-state index in [9.17, 15) is 9.18 Å². The molecule has 2 heterocycles. The van der Waals surface area contributed by atoms with Crippen molar-refractivity contribution in [2.24, 2.45) is 0 Å². The zero-order valence-corrected chi connectivity index (χ0v) is 15.3. The Labute approximate surface area is 162 Å². The number of amides is 1. The molecule has 2 aliphatic heterocycles. The molecule has 0 spiro atoms. The van der Waals surface area contributed by atoms with Crippen LogP contribution in [0.15, 0.2) is 42.5 Å². The molecule has 0 saturated carbocycles. The summed E-state index contributed by atoms with van der Waals surface area (Å²) in [6.45, 7) is 3.27. The predicted octanol–water partition coefficient (Wildman–Crippen LogP) is 3.18. The van der Waals surface area contributed by atoms with E-state index in [1.54, 1.807) is 6.08 Å². The number of rotatable bonds is 4. The normalized spacial score (nSPS) is 16.5. The highest BCUT2D eigenvalue weighted by atomic mass is 19.1. The number of morpholine rings is 1. The van der Waals surface area contributed by atoms with Crippen LogP contribution in [0.25, 0.3) is 6.08 Å². The fourth-order valence-electron chi connectivity index (χ4n) is 3.33. The van der Waals surface area contributed by atoms with Gasteiger partial charge in [-0.25, -0.2) is 4.39 Å². The van der Waals surface area contributed by atoms with E-state index < -0.39 is 5.82 Å². The highest BCUT2D eigenvalue weighted by molar-refractivity contribution is 6.04. The number of para-hydroxylation sites is 2. The second-order valence-corrected chi connectivity index (χ2v) is 6.53. The van der Waals surface area contributed by atoms with Crippen molar-refractivity contribution < 1.29 is 23.4 Å². The number of hydrogen-bond acceptors (Lipinski definition) is 5. The number of hydrogen-bond donors (Lipinski definition) is 1. The van der Waals surface area contributed by atoms with Gasteiger partial charge in [0.1, 0.15) is 11.6 Å². The molecule has 4 rings (SSSR count). The number of fused-ring (bicyclic) bond motifs is 1. The Bertz CT molecular complexity index is 894. The summed E-state index contributed by atoms with van der Waals surface area (Å²) in [6, 6.07) is 10.4. The molecule has 0 bridgehead atoms. The largest absolute Gasteiger partial charge is 0.467 e. The molecule has 0 aromatic heterocycles. The third kappa shape index (κ3) is 4.16. The Morgan fingerprint density at radius 1 is 1.14 bits per heavy atom. The number of carbonyl (C=O) groups excluding carboxylic acids is 1. The van der Waals surface area contributed by atoms with E-state index in [1.165, 1.54) is 18.2 Å². The minimum atomic E-state index is -0.398. The van der Waals surface area contributed by atoms with Gasteiger partial charge in [0, 0.05) is 30.3 Å². The molecule has 0 radical (unpaired) electrons. The maximum atomic E-state index is 13.8. The smallest absolute Gasteiger partial charge is 0.248 e. The maximum absolute atomic E-state index is 13.8. The molecule has 1 saturated heterocycles. The van der Waals surface area contributed by atoms with Crippen molar-refractivity contribution in [3.8, 4) is 5.75 Å². The van der Waals surface area contributed by atoms with Gasteiger partial charge in [-0.05, 0) is 30.3 Å². The zero-order valence-electron chi connectivity index (χ0n) is 15.3. The molecular formula is C21H21FN2O4. The Morgan fingerprint density at radius 3 is 2.82 bits per heavy atom. The molecule has 2 aliphatic rings. The highest BCUT2D eigenvalue weighted by Gasteiger charge is 2.17. The first kappa shape index (κ1) is 18.5. The van der Waals surface area contributed by atoms with Crippen molar-refractivity contribution in [3.63, 3.8) is 0 Å². The predicted molar refractivity (Wildman–Crippen MR) is 104 cm³/mol. The minimum Gasteiger partial charge on any atom is -0.467 e. The monoisotopic (exact) mass is 384 g/mol. The van der Waals surface area contributed by atoms with Crippen molar-refractivity contribution in [3.05, 3.63) is 59.4 Å². The fourth-order valence-corrected chi connectivity index (χ4v) is 3.33. The Kier molecular flexibility index (Phi) is 5.55. The Morgan fingerprint density at radius 2 is 1.96 bits per heavy atom. The van der Waals surface area contributed by atoms with Crippen LogP contribution in [0, 0.1) is 5.82 Å². The standard InChI is InChI=1S/C21H21FN2O4/c22-17-11-15(21-16(12-17)13-27-14-28-21)5-6-20(25)23-18-3-1-2-4-19(18)24-7-9-26-10-8-24/h1-6,11-12H,7-10,13-14H2,(H,23,25)/b6-5+. The van der Waals surface area contributed by atoms with Gasteiger partial charge in [0.05, 0.1) is 31.2 Å². The molecule has 2 aromatic rings. The third-order valence-electron chi connectivity index (χ3n) is 4.63. The summed E-state index contributed by atoms with van der Waals surface area (Å²) >= 11 is 0. The molecule has 1 amide bonds. The van der Waals surface area contributed by atoms with Crippen LogP contribution in [-0.4, -0.2) is 39.0 Å². The summed E-state index contributed by atoms with van der Waals surface area (Å²) in [5.41, 5.74) is 2.82. The number of carbonyl (C=O) groups is 1. The lowest BCUT2D eigenvalue weighted by atomic mass is 10.1. The first-order valence-corrected chi connectivity index (χ1v) is 9.14. The molecule has 1 N–H and O–H groups in total. The first-order chi connectivity index (χ1) is 13.7. The van der Waals surface area contributed by atoms with Gasteiger partial charge in [-0.1, -0.05) is 12.1 Å². The van der Waals surface area contributed by atoms with E-state index in [2.05, 4.69) is 10.2 Å². The van der Waals surface area contributed by atoms with Gasteiger partial charge in [-0.15, -0.1) is 0 Å². The Balaban J connectivity index is 1.51. The first-order valence-electron chi connectivity index (χ1n) is 9.14. The zero-order chi connectivity index (χ0) is 19.3. The fraction of sp³-hybridized carbons (Fsp3) is 0.286. The van der Waals surface area contributed by atoms with Crippen molar-refractivity contribution in [2.75, 3.05) is 43.3 Å². The van der Waals surface area contributed by atoms with Crippen LogP contribution in [0.4, 0.5) is 15.8 Å². The van der Waals surface area contributed by atoms with E-state index >= 15 is 0 Å². The van der Waals surface area contributed by atoms with E-state index in [-0.39, 0.29) is 19.3 Å². The summed E-state index contributed by atoms with van der Waals surface area (Å²) in [5, 5.41) is 2.91. The molecule has 28 heavy (non-hydrogen) atoms. The van der Waals surface area contributed by atoms with Gasteiger partial charge in [0.2, 0.25) is 5.91 Å². The maximum Gasteiger partial charge on any atom is 0.248 e. The van der Waals surface area contributed by atoms with E-state index in [4.69, 9.17) is 14.2 Å². The number of nitrogens with one attached hydrogen (secondary N) is 1. The van der Waals surface area contributed by atoms with Gasteiger partial charge in [0.25, 0.3) is 0 Å². The van der Waals surface area contributed by atoms with Crippen LogP contribution in [0.3, 0.4) is 0 Å². The quantitative estimate of drug-likeness (QED) is 0.821. The average Bonchev–Trinajstić information content (AvgIpc) is 2.73. The SMILES string of the molecule is O=C(/C=C/c1cc(F)cc2c1OCOC2)Nc1ccccc1N1CCOCC1. The third-order valence-corrected chi connectivity index (χ3v) is 4.63. The number of ether oxygens (including phenoxy) is 3. The van der Waals surface area contributed by atoms with Crippen LogP contribution in [0.2, 0.25) is 0 Å². The average molecular weight is 384 g/mol. The molecule has 7 heteroatoms. The summed E-state index contributed by atoms with van der Waals surface area (Å²) in [7, 11) is 0. The van der Waals surface area contributed by atoms with Gasteiger partial charge in [0.15, 0.2) is 6.79 Å². The van der Waals surface area contributed by atoms with Gasteiger partial charge < -0.3 is 24.4 Å². The number of halogens is 1. The number of nitrogens with zero attached hydrogens (tertiary/aromatic N) is 1. The molecule has 6 nitrogen and oxygen atoms in total. The summed E-state index contributed by atoms with van der Waals surface area (Å²) in [4.78, 5) is 14.7.